The molecular weight excluding hydrogens is 322 g/mol. The van der Waals surface area contributed by atoms with Crippen molar-refractivity contribution in [1.29, 1.82) is 5.41 Å². The van der Waals surface area contributed by atoms with Crippen LogP contribution in [-0.4, -0.2) is 29.1 Å². The van der Waals surface area contributed by atoms with Gasteiger partial charge in [-0.05, 0) is 32.4 Å². The summed E-state index contributed by atoms with van der Waals surface area (Å²) in [5.41, 5.74) is 2.25. The van der Waals surface area contributed by atoms with Gasteiger partial charge in [-0.2, -0.15) is 0 Å². The molecule has 0 spiro atoms. The van der Waals surface area contributed by atoms with E-state index < -0.39 is 0 Å². The summed E-state index contributed by atoms with van der Waals surface area (Å²) in [6.45, 7) is 6.88. The lowest BCUT2D eigenvalue weighted by molar-refractivity contribution is 0.318. The number of aliphatic hydroxyl groups is 1. The van der Waals surface area contributed by atoms with E-state index >= 15 is 0 Å². The second-order valence-corrected chi connectivity index (χ2v) is 6.94. The van der Waals surface area contributed by atoms with Gasteiger partial charge in [-0.25, -0.2) is 4.98 Å². The first kappa shape index (κ1) is 16.5. The molecule has 3 rings (SSSR count). The minimum Gasteiger partial charge on any atom is -0.510 e. The number of para-hydroxylation sites is 2. The van der Waals surface area contributed by atoms with Crippen molar-refractivity contribution < 1.29 is 9.84 Å². The molecule has 0 saturated carbocycles. The van der Waals surface area contributed by atoms with Crippen molar-refractivity contribution in [2.45, 2.75) is 27.2 Å². The van der Waals surface area contributed by atoms with E-state index in [1.54, 1.807) is 4.90 Å². The Morgan fingerprint density at radius 1 is 1.33 bits per heavy atom. The van der Waals surface area contributed by atoms with Crippen LogP contribution in [0, 0.1) is 19.3 Å². The number of anilines is 1. The number of nitrogens with one attached hydrogen (secondary N) is 1. The summed E-state index contributed by atoms with van der Waals surface area (Å²) >= 11 is 1.51. The monoisotopic (exact) mass is 343 g/mol. The fourth-order valence-corrected chi connectivity index (χ4v) is 3.59. The van der Waals surface area contributed by atoms with Gasteiger partial charge >= 0.3 is 0 Å². The van der Waals surface area contributed by atoms with Gasteiger partial charge in [0.25, 0.3) is 0 Å². The highest BCUT2D eigenvalue weighted by Crippen LogP contribution is 2.37. The van der Waals surface area contributed by atoms with Crippen LogP contribution >= 0.6 is 11.3 Å². The predicted molar refractivity (Wildman–Crippen MR) is 98.4 cm³/mol. The quantitative estimate of drug-likeness (QED) is 0.848. The van der Waals surface area contributed by atoms with Crippen LogP contribution < -0.4 is 9.64 Å². The Hall–Kier alpha value is -2.34. The van der Waals surface area contributed by atoms with E-state index in [0.717, 1.165) is 28.4 Å². The summed E-state index contributed by atoms with van der Waals surface area (Å²) in [4.78, 5) is 7.36. The van der Waals surface area contributed by atoms with Crippen LogP contribution in [0.4, 0.5) is 5.69 Å². The number of aryl methyl sites for hydroxylation is 2. The number of hydrogen-bond acceptors (Lipinski definition) is 5. The topological polar surface area (TPSA) is 69.4 Å². The summed E-state index contributed by atoms with van der Waals surface area (Å²) in [6, 6.07) is 7.63. The normalized spacial score (nSPS) is 14.6. The molecule has 5 nitrogen and oxygen atoms in total. The summed E-state index contributed by atoms with van der Waals surface area (Å²) in [5, 5.41) is 19.7. The van der Waals surface area contributed by atoms with Crippen LogP contribution in [0.1, 0.15) is 28.9 Å². The highest BCUT2D eigenvalue weighted by atomic mass is 32.1. The number of amidine groups is 1. The Balaban J connectivity index is 1.93. The summed E-state index contributed by atoms with van der Waals surface area (Å²) in [5.74, 6) is 1.16. The van der Waals surface area contributed by atoms with Crippen molar-refractivity contribution in [2.24, 2.45) is 0 Å². The number of hydrogen-bond donors (Lipinski definition) is 2. The zero-order valence-electron chi connectivity index (χ0n) is 14.1. The molecule has 0 bridgehead atoms. The minimum atomic E-state index is 0.180. The van der Waals surface area contributed by atoms with Crippen LogP contribution in [0.3, 0.4) is 0 Å². The van der Waals surface area contributed by atoms with Gasteiger partial charge < -0.3 is 14.7 Å². The second-order valence-electron chi connectivity index (χ2n) is 5.73. The molecule has 0 aliphatic carbocycles. The van der Waals surface area contributed by atoms with Crippen molar-refractivity contribution in [3.8, 4) is 5.75 Å². The van der Waals surface area contributed by atoms with E-state index in [9.17, 15) is 5.11 Å². The van der Waals surface area contributed by atoms with E-state index in [-0.39, 0.29) is 18.1 Å². The molecule has 0 fully saturated rings. The van der Waals surface area contributed by atoms with E-state index in [2.05, 4.69) is 11.9 Å². The average Bonchev–Trinajstić information content (AvgIpc) is 3.04. The Morgan fingerprint density at radius 3 is 2.75 bits per heavy atom. The number of aliphatic hydroxyl groups excluding tert-OH is 1. The SMILES string of the molecule is CCCOc1ccccc1N1CC(O)=C(c2nc(C)c(C)s2)C1=N. The first-order chi connectivity index (χ1) is 11.5. The van der Waals surface area contributed by atoms with Crippen molar-refractivity contribution in [3.63, 3.8) is 0 Å². The predicted octanol–water partition coefficient (Wildman–Crippen LogP) is 4.32. The highest BCUT2D eigenvalue weighted by Gasteiger charge is 2.32. The lowest BCUT2D eigenvalue weighted by Gasteiger charge is -2.21. The van der Waals surface area contributed by atoms with Gasteiger partial charge in [0.15, 0.2) is 0 Å². The van der Waals surface area contributed by atoms with Gasteiger partial charge in [-0.3, -0.25) is 5.41 Å². The van der Waals surface area contributed by atoms with Gasteiger partial charge in [0.2, 0.25) is 0 Å². The molecule has 0 unspecified atom stereocenters. The molecule has 0 saturated heterocycles. The average molecular weight is 343 g/mol. The third-order valence-electron chi connectivity index (χ3n) is 3.96. The van der Waals surface area contributed by atoms with E-state index in [0.29, 0.717) is 17.2 Å². The maximum Gasteiger partial charge on any atom is 0.142 e. The van der Waals surface area contributed by atoms with Crippen LogP contribution in [0.25, 0.3) is 5.57 Å². The molecule has 1 aromatic heterocycles. The first-order valence-electron chi connectivity index (χ1n) is 7.97. The zero-order valence-corrected chi connectivity index (χ0v) is 14.9. The summed E-state index contributed by atoms with van der Waals surface area (Å²) in [7, 11) is 0. The number of rotatable bonds is 5. The smallest absolute Gasteiger partial charge is 0.142 e. The third-order valence-corrected chi connectivity index (χ3v) is 5.05. The van der Waals surface area contributed by atoms with Crippen LogP contribution in [0.2, 0.25) is 0 Å². The summed E-state index contributed by atoms with van der Waals surface area (Å²) in [6.07, 6.45) is 0.915. The number of aromatic nitrogens is 1. The van der Waals surface area contributed by atoms with Crippen molar-refractivity contribution in [1.82, 2.24) is 4.98 Å². The number of ether oxygens (including phenoxy) is 1. The second kappa shape index (κ2) is 6.65. The molecule has 1 aliphatic rings. The van der Waals surface area contributed by atoms with Gasteiger partial charge in [0.1, 0.15) is 22.4 Å². The van der Waals surface area contributed by atoms with Crippen molar-refractivity contribution >= 4 is 28.4 Å². The largest absolute Gasteiger partial charge is 0.510 e. The molecule has 24 heavy (non-hydrogen) atoms. The van der Waals surface area contributed by atoms with Gasteiger partial charge in [0, 0.05) is 4.88 Å². The fourth-order valence-electron chi connectivity index (χ4n) is 2.60. The zero-order chi connectivity index (χ0) is 17.3. The Morgan fingerprint density at radius 2 is 2.08 bits per heavy atom. The molecule has 126 valence electrons. The molecule has 6 heteroatoms. The van der Waals surface area contributed by atoms with Gasteiger partial charge in [-0.1, -0.05) is 19.1 Å². The van der Waals surface area contributed by atoms with E-state index in [1.165, 1.54) is 11.3 Å². The maximum absolute atomic E-state index is 10.4. The van der Waals surface area contributed by atoms with E-state index in [4.69, 9.17) is 10.1 Å². The molecule has 0 amide bonds. The molecular formula is C18H21N3O2S. The Kier molecular flexibility index (Phi) is 4.57. The van der Waals surface area contributed by atoms with Crippen LogP contribution in [0.15, 0.2) is 30.0 Å². The van der Waals surface area contributed by atoms with Crippen LogP contribution in [-0.2, 0) is 0 Å². The molecule has 2 N–H and O–H groups in total. The van der Waals surface area contributed by atoms with Gasteiger partial charge in [0.05, 0.1) is 30.1 Å². The number of thiazole rings is 1. The lowest BCUT2D eigenvalue weighted by Crippen LogP contribution is -2.26. The van der Waals surface area contributed by atoms with Gasteiger partial charge in [-0.15, -0.1) is 11.3 Å². The Labute approximate surface area is 145 Å². The standard InChI is InChI=1S/C18H21N3O2S/c1-4-9-23-15-8-6-5-7-13(15)21-10-14(22)16(17(21)19)18-20-11(2)12(3)24-18/h5-8,19,22H,4,9-10H2,1-3H3. The van der Waals surface area contributed by atoms with Crippen molar-refractivity contribution in [2.75, 3.05) is 18.1 Å². The van der Waals surface area contributed by atoms with Crippen LogP contribution in [0.5, 0.6) is 5.75 Å². The minimum absolute atomic E-state index is 0.180. The molecule has 0 radical (unpaired) electrons. The van der Waals surface area contributed by atoms with E-state index in [1.807, 2.05) is 38.1 Å². The molecule has 2 aromatic rings. The molecule has 2 heterocycles. The number of nitrogens with zero attached hydrogens (tertiary/aromatic N) is 2. The molecule has 1 aromatic carbocycles. The first-order valence-corrected chi connectivity index (χ1v) is 8.79. The fraction of sp³-hybridized carbons (Fsp3) is 0.333. The van der Waals surface area contributed by atoms with Crippen molar-refractivity contribution in [3.05, 3.63) is 45.6 Å². The number of benzene rings is 1. The lowest BCUT2D eigenvalue weighted by atomic mass is 10.2. The summed E-state index contributed by atoms with van der Waals surface area (Å²) < 4.78 is 5.79. The molecule has 1 aliphatic heterocycles. The Bertz CT molecular complexity index is 791. The molecule has 0 atom stereocenters. The third kappa shape index (κ3) is 2.89. The maximum atomic E-state index is 10.4. The highest BCUT2D eigenvalue weighted by molar-refractivity contribution is 7.13.